The number of phenolic OH excluding ortho intramolecular Hbond substituents is 1. The molecule has 2 aromatic rings. The largest absolute Gasteiger partial charge is 0.508 e. The highest BCUT2D eigenvalue weighted by Gasteiger charge is 2.42. The van der Waals surface area contributed by atoms with Gasteiger partial charge in [-0.25, -0.2) is 0 Å². The summed E-state index contributed by atoms with van der Waals surface area (Å²) in [4.78, 5) is 5.18. The van der Waals surface area contributed by atoms with Crippen molar-refractivity contribution >= 4 is 0 Å². The van der Waals surface area contributed by atoms with Gasteiger partial charge in [-0.2, -0.15) is 0 Å². The number of phenols is 1. The van der Waals surface area contributed by atoms with E-state index in [-0.39, 0.29) is 5.54 Å². The molecule has 0 aromatic heterocycles. The number of rotatable bonds is 8. The normalized spacial score (nSPS) is 24.9. The lowest BCUT2D eigenvalue weighted by Crippen LogP contribution is -2.50. The summed E-state index contributed by atoms with van der Waals surface area (Å²) >= 11 is 0. The number of aromatic hydroxyl groups is 1. The average molecular weight is 393 g/mol. The molecule has 2 aliphatic rings. The monoisotopic (exact) mass is 392 g/mol. The van der Waals surface area contributed by atoms with Crippen molar-refractivity contribution in [2.75, 3.05) is 27.2 Å². The van der Waals surface area contributed by atoms with E-state index in [4.69, 9.17) is 0 Å². The van der Waals surface area contributed by atoms with E-state index in [0.717, 1.165) is 18.9 Å². The van der Waals surface area contributed by atoms with Gasteiger partial charge in [-0.1, -0.05) is 42.5 Å². The van der Waals surface area contributed by atoms with Crippen LogP contribution in [0, 0.1) is 5.92 Å². The van der Waals surface area contributed by atoms with Gasteiger partial charge in [0.25, 0.3) is 0 Å². The topological polar surface area (TPSA) is 26.7 Å². The van der Waals surface area contributed by atoms with Crippen LogP contribution < -0.4 is 0 Å². The van der Waals surface area contributed by atoms with Crippen LogP contribution in [-0.2, 0) is 12.0 Å². The van der Waals surface area contributed by atoms with E-state index in [9.17, 15) is 5.11 Å². The van der Waals surface area contributed by atoms with Gasteiger partial charge in [-0.15, -0.1) is 0 Å². The van der Waals surface area contributed by atoms with E-state index in [1.165, 1.54) is 56.2 Å². The first-order valence-electron chi connectivity index (χ1n) is 11.3. The van der Waals surface area contributed by atoms with Crippen molar-refractivity contribution in [3.63, 3.8) is 0 Å². The molecular weight excluding hydrogens is 356 g/mol. The molecule has 0 radical (unpaired) electrons. The van der Waals surface area contributed by atoms with Crippen LogP contribution in [0.25, 0.3) is 0 Å². The third-order valence-corrected chi connectivity index (χ3v) is 7.34. The minimum atomic E-state index is 0.0676. The Labute approximate surface area is 176 Å². The number of benzene rings is 2. The van der Waals surface area contributed by atoms with Gasteiger partial charge < -0.3 is 10.0 Å². The van der Waals surface area contributed by atoms with E-state index in [0.29, 0.717) is 11.8 Å². The molecule has 0 bridgehead atoms. The molecule has 1 N–H and O–H groups in total. The standard InChI is InChI=1S/C26H36N2O/c1-27(18-15-21-7-4-3-5-8-21)24-13-16-26(17-14-24,28(2)20-22-11-12-22)23-9-6-10-25(29)19-23/h3-10,19,22,24,29H,11-18,20H2,1-2H3. The van der Waals surface area contributed by atoms with Gasteiger partial charge in [0, 0.05) is 24.7 Å². The Kier molecular flexibility index (Phi) is 6.26. The molecule has 0 saturated heterocycles. The average Bonchev–Trinajstić information content (AvgIpc) is 3.57. The number of likely N-dealkylation sites (N-methyl/N-ethyl adjacent to an activating group) is 1. The van der Waals surface area contributed by atoms with Crippen LogP contribution in [0.2, 0.25) is 0 Å². The molecule has 2 aromatic carbocycles. The molecule has 2 aliphatic carbocycles. The highest BCUT2D eigenvalue weighted by atomic mass is 16.3. The first-order valence-corrected chi connectivity index (χ1v) is 11.3. The summed E-state index contributed by atoms with van der Waals surface area (Å²) < 4.78 is 0. The van der Waals surface area contributed by atoms with Crippen molar-refractivity contribution in [1.82, 2.24) is 9.80 Å². The quantitative estimate of drug-likeness (QED) is 0.681. The second-order valence-corrected chi connectivity index (χ2v) is 9.35. The molecule has 29 heavy (non-hydrogen) atoms. The lowest BCUT2D eigenvalue weighted by molar-refractivity contribution is 0.0367. The Morgan fingerprint density at radius 1 is 0.931 bits per heavy atom. The molecule has 3 heteroatoms. The smallest absolute Gasteiger partial charge is 0.115 e. The van der Waals surface area contributed by atoms with Crippen LogP contribution in [0.5, 0.6) is 5.75 Å². The molecule has 2 saturated carbocycles. The predicted molar refractivity (Wildman–Crippen MR) is 120 cm³/mol. The summed E-state index contributed by atoms with van der Waals surface area (Å²) in [6.07, 6.45) is 8.65. The molecule has 4 rings (SSSR count). The van der Waals surface area contributed by atoms with E-state index in [2.05, 4.69) is 60.3 Å². The molecule has 0 amide bonds. The van der Waals surface area contributed by atoms with Gasteiger partial charge in [0.2, 0.25) is 0 Å². The van der Waals surface area contributed by atoms with E-state index in [1.54, 1.807) is 6.07 Å². The van der Waals surface area contributed by atoms with E-state index < -0.39 is 0 Å². The van der Waals surface area contributed by atoms with Gasteiger partial charge in [-0.05, 0) is 88.2 Å². The second-order valence-electron chi connectivity index (χ2n) is 9.35. The number of nitrogens with zero attached hydrogens (tertiary/aromatic N) is 2. The highest BCUT2D eigenvalue weighted by molar-refractivity contribution is 5.33. The molecular formula is C26H36N2O. The summed E-state index contributed by atoms with van der Waals surface area (Å²) in [7, 11) is 4.60. The lowest BCUT2D eigenvalue weighted by Gasteiger charge is -2.48. The van der Waals surface area contributed by atoms with Gasteiger partial charge in [-0.3, -0.25) is 4.90 Å². The molecule has 3 nitrogen and oxygen atoms in total. The zero-order valence-electron chi connectivity index (χ0n) is 18.1. The summed E-state index contributed by atoms with van der Waals surface area (Å²) in [5.41, 5.74) is 2.79. The van der Waals surface area contributed by atoms with Crippen molar-refractivity contribution in [1.29, 1.82) is 0 Å². The molecule has 0 spiro atoms. The molecule has 2 fully saturated rings. The molecule has 0 aliphatic heterocycles. The zero-order valence-corrected chi connectivity index (χ0v) is 18.1. The Bertz CT molecular complexity index is 778. The minimum absolute atomic E-state index is 0.0676. The maximum Gasteiger partial charge on any atom is 0.115 e. The van der Waals surface area contributed by atoms with Crippen molar-refractivity contribution in [3.8, 4) is 5.75 Å². The summed E-state index contributed by atoms with van der Waals surface area (Å²) in [6, 6.07) is 19.5. The van der Waals surface area contributed by atoms with Crippen LogP contribution in [0.1, 0.15) is 49.7 Å². The molecule has 0 unspecified atom stereocenters. The molecule has 156 valence electrons. The lowest BCUT2D eigenvalue weighted by atomic mass is 9.73. The van der Waals surface area contributed by atoms with Crippen molar-refractivity contribution in [2.24, 2.45) is 5.92 Å². The van der Waals surface area contributed by atoms with Gasteiger partial charge in [0.15, 0.2) is 0 Å². The van der Waals surface area contributed by atoms with Crippen LogP contribution in [0.15, 0.2) is 54.6 Å². The Hall–Kier alpha value is -1.84. The SMILES string of the molecule is CN(CCc1ccccc1)C1CCC(c2cccc(O)c2)(N(C)CC2CC2)CC1. The summed E-state index contributed by atoms with van der Waals surface area (Å²) in [6.45, 7) is 2.30. The van der Waals surface area contributed by atoms with Gasteiger partial charge in [0.05, 0.1) is 0 Å². The summed E-state index contributed by atoms with van der Waals surface area (Å²) in [5, 5.41) is 10.1. The third kappa shape index (κ3) is 4.84. The second kappa shape index (κ2) is 8.89. The molecule has 0 atom stereocenters. The van der Waals surface area contributed by atoms with Crippen molar-refractivity contribution in [2.45, 2.75) is 56.5 Å². The van der Waals surface area contributed by atoms with Crippen LogP contribution in [0.4, 0.5) is 0 Å². The summed E-state index contributed by atoms with van der Waals surface area (Å²) in [5.74, 6) is 1.27. The maximum absolute atomic E-state index is 10.1. The fraction of sp³-hybridized carbons (Fsp3) is 0.538. The minimum Gasteiger partial charge on any atom is -0.508 e. The highest BCUT2D eigenvalue weighted by Crippen LogP contribution is 2.45. The fourth-order valence-electron chi connectivity index (χ4n) is 5.20. The maximum atomic E-state index is 10.1. The first kappa shape index (κ1) is 20.4. The van der Waals surface area contributed by atoms with Crippen LogP contribution in [0.3, 0.4) is 0 Å². The van der Waals surface area contributed by atoms with Crippen LogP contribution in [-0.4, -0.2) is 48.1 Å². The van der Waals surface area contributed by atoms with Crippen molar-refractivity contribution in [3.05, 3.63) is 65.7 Å². The zero-order chi connectivity index (χ0) is 20.3. The first-order chi connectivity index (χ1) is 14.1. The van der Waals surface area contributed by atoms with Crippen LogP contribution >= 0.6 is 0 Å². The third-order valence-electron chi connectivity index (χ3n) is 7.34. The Balaban J connectivity index is 1.42. The van der Waals surface area contributed by atoms with E-state index in [1.807, 2.05) is 12.1 Å². The van der Waals surface area contributed by atoms with Gasteiger partial charge >= 0.3 is 0 Å². The Morgan fingerprint density at radius 2 is 1.66 bits per heavy atom. The van der Waals surface area contributed by atoms with Crippen molar-refractivity contribution < 1.29 is 5.11 Å². The number of hydrogen-bond donors (Lipinski definition) is 1. The fourth-order valence-corrected chi connectivity index (χ4v) is 5.20. The predicted octanol–water partition coefficient (Wildman–Crippen LogP) is 5.05. The Morgan fingerprint density at radius 3 is 2.31 bits per heavy atom. The number of hydrogen-bond acceptors (Lipinski definition) is 3. The van der Waals surface area contributed by atoms with Gasteiger partial charge in [0.1, 0.15) is 5.75 Å². The van der Waals surface area contributed by atoms with E-state index >= 15 is 0 Å². The molecule has 0 heterocycles.